The van der Waals surface area contributed by atoms with Gasteiger partial charge in [-0.25, -0.2) is 0 Å². The molecule has 1 N–H and O–H groups in total. The lowest BCUT2D eigenvalue weighted by atomic mass is 9.81. The Morgan fingerprint density at radius 3 is 1.83 bits per heavy atom. The predicted octanol–water partition coefficient (Wildman–Crippen LogP) is 4.18. The first-order valence-electron chi connectivity index (χ1n) is 8.56. The molecule has 0 aromatic carbocycles. The lowest BCUT2D eigenvalue weighted by Gasteiger charge is -2.37. The molecular weight excluding hydrogens is 290 g/mol. The molecule has 0 aromatic rings. The van der Waals surface area contributed by atoms with Gasteiger partial charge in [0, 0.05) is 6.54 Å². The fourth-order valence-corrected chi connectivity index (χ4v) is 2.35. The molecule has 23 heavy (non-hydrogen) atoms. The van der Waals surface area contributed by atoms with E-state index < -0.39 is 0 Å². The first kappa shape index (κ1) is 22.4. The summed E-state index contributed by atoms with van der Waals surface area (Å²) in [6.45, 7) is 22.3. The standard InChI is InChI=1S/C19H39NO3/c1-16(2,3)14-23-19(9,10)12-18(7,8)13-20-15(21)11-22-17(4,5)6/h11-14H2,1-10H3,(H,20,21). The molecule has 0 aliphatic rings. The van der Waals surface area contributed by atoms with Gasteiger partial charge in [0.1, 0.15) is 6.61 Å². The number of nitrogens with one attached hydrogen (secondary N) is 1. The normalized spacial score (nSPS) is 14.0. The average molecular weight is 330 g/mol. The van der Waals surface area contributed by atoms with Crippen molar-refractivity contribution in [2.45, 2.75) is 86.9 Å². The van der Waals surface area contributed by atoms with Crippen LogP contribution in [0.1, 0.15) is 75.7 Å². The summed E-state index contributed by atoms with van der Waals surface area (Å²) in [6.07, 6.45) is 0.872. The fourth-order valence-electron chi connectivity index (χ4n) is 2.35. The molecule has 0 radical (unpaired) electrons. The van der Waals surface area contributed by atoms with Crippen molar-refractivity contribution in [2.24, 2.45) is 10.8 Å². The van der Waals surface area contributed by atoms with E-state index in [0.717, 1.165) is 13.0 Å². The van der Waals surface area contributed by atoms with Crippen LogP contribution < -0.4 is 5.32 Å². The Kier molecular flexibility index (Phi) is 7.76. The van der Waals surface area contributed by atoms with Gasteiger partial charge in [-0.2, -0.15) is 0 Å². The molecule has 0 fully saturated rings. The van der Waals surface area contributed by atoms with Crippen molar-refractivity contribution >= 4 is 5.91 Å². The van der Waals surface area contributed by atoms with Crippen LogP contribution >= 0.6 is 0 Å². The van der Waals surface area contributed by atoms with Crippen LogP contribution in [0.25, 0.3) is 0 Å². The maximum Gasteiger partial charge on any atom is 0.246 e. The van der Waals surface area contributed by atoms with E-state index >= 15 is 0 Å². The summed E-state index contributed by atoms with van der Waals surface area (Å²) in [5.74, 6) is -0.0681. The highest BCUT2D eigenvalue weighted by molar-refractivity contribution is 5.77. The number of ether oxygens (including phenoxy) is 2. The van der Waals surface area contributed by atoms with E-state index in [2.05, 4.69) is 53.8 Å². The van der Waals surface area contributed by atoms with Crippen LogP contribution in [0.4, 0.5) is 0 Å². The number of rotatable bonds is 8. The van der Waals surface area contributed by atoms with Gasteiger partial charge in [0.05, 0.1) is 17.8 Å². The topological polar surface area (TPSA) is 47.6 Å². The Bertz CT molecular complexity index is 373. The highest BCUT2D eigenvalue weighted by Gasteiger charge is 2.31. The van der Waals surface area contributed by atoms with Crippen LogP contribution in [0.15, 0.2) is 0 Å². The quantitative estimate of drug-likeness (QED) is 0.727. The van der Waals surface area contributed by atoms with Crippen molar-refractivity contribution in [1.29, 1.82) is 0 Å². The molecule has 0 aromatic heterocycles. The van der Waals surface area contributed by atoms with Gasteiger partial charge in [-0.15, -0.1) is 0 Å². The van der Waals surface area contributed by atoms with E-state index in [9.17, 15) is 4.79 Å². The van der Waals surface area contributed by atoms with Gasteiger partial charge in [0.15, 0.2) is 0 Å². The molecule has 0 heterocycles. The third-order valence-corrected chi connectivity index (χ3v) is 3.20. The van der Waals surface area contributed by atoms with E-state index in [0.29, 0.717) is 6.54 Å². The molecule has 0 saturated carbocycles. The van der Waals surface area contributed by atoms with E-state index in [4.69, 9.17) is 9.47 Å². The van der Waals surface area contributed by atoms with E-state index in [1.165, 1.54) is 0 Å². The summed E-state index contributed by atoms with van der Waals surface area (Å²) in [6, 6.07) is 0. The maximum atomic E-state index is 11.9. The molecule has 4 nitrogen and oxygen atoms in total. The summed E-state index contributed by atoms with van der Waals surface area (Å²) < 4.78 is 11.6. The molecule has 1 amide bonds. The third-order valence-electron chi connectivity index (χ3n) is 3.20. The summed E-state index contributed by atoms with van der Waals surface area (Å²) in [4.78, 5) is 11.9. The van der Waals surface area contributed by atoms with Crippen LogP contribution in [0, 0.1) is 10.8 Å². The van der Waals surface area contributed by atoms with Crippen LogP contribution in [-0.4, -0.2) is 36.9 Å². The van der Waals surface area contributed by atoms with Crippen LogP contribution in [0.2, 0.25) is 0 Å². The lowest BCUT2D eigenvalue weighted by Crippen LogP contribution is -2.42. The minimum atomic E-state index is -0.296. The molecule has 0 bridgehead atoms. The SMILES string of the molecule is CC(C)(C)COC(C)(C)CC(C)(C)CNC(=O)COC(C)(C)C. The molecule has 0 unspecified atom stereocenters. The maximum absolute atomic E-state index is 11.9. The molecule has 0 aliphatic carbocycles. The summed E-state index contributed by atoms with van der Waals surface area (Å²) in [5, 5.41) is 2.97. The van der Waals surface area contributed by atoms with Crippen LogP contribution in [0.5, 0.6) is 0 Å². The summed E-state index contributed by atoms with van der Waals surface area (Å²) in [5.41, 5.74) is -0.405. The molecule has 0 aliphatic heterocycles. The summed E-state index contributed by atoms with van der Waals surface area (Å²) in [7, 11) is 0. The first-order chi connectivity index (χ1) is 10.0. The molecule has 4 heteroatoms. The van der Waals surface area contributed by atoms with E-state index in [-0.39, 0.29) is 34.5 Å². The monoisotopic (exact) mass is 329 g/mol. The Balaban J connectivity index is 4.33. The highest BCUT2D eigenvalue weighted by atomic mass is 16.5. The van der Waals surface area contributed by atoms with Gasteiger partial charge in [-0.3, -0.25) is 4.79 Å². The smallest absolute Gasteiger partial charge is 0.246 e. The van der Waals surface area contributed by atoms with Gasteiger partial charge < -0.3 is 14.8 Å². The number of amides is 1. The minimum absolute atomic E-state index is 0.0429. The van der Waals surface area contributed by atoms with Crippen molar-refractivity contribution < 1.29 is 14.3 Å². The predicted molar refractivity (Wildman–Crippen MR) is 96.6 cm³/mol. The second kappa shape index (κ2) is 7.98. The number of carbonyl (C=O) groups is 1. The molecular formula is C19H39NO3. The minimum Gasteiger partial charge on any atom is -0.375 e. The van der Waals surface area contributed by atoms with Crippen molar-refractivity contribution in [3.63, 3.8) is 0 Å². The zero-order chi connectivity index (χ0) is 18.5. The molecule has 0 atom stereocenters. The van der Waals surface area contributed by atoms with Gasteiger partial charge in [-0.1, -0.05) is 34.6 Å². The molecule has 0 saturated heterocycles. The second-order valence-corrected chi connectivity index (χ2v) is 10.1. The molecule has 0 spiro atoms. The van der Waals surface area contributed by atoms with E-state index in [1.54, 1.807) is 0 Å². The van der Waals surface area contributed by atoms with Gasteiger partial charge in [0.2, 0.25) is 5.91 Å². The lowest BCUT2D eigenvalue weighted by molar-refractivity contribution is -0.131. The molecule has 0 rings (SSSR count). The largest absolute Gasteiger partial charge is 0.375 e. The van der Waals surface area contributed by atoms with Gasteiger partial charge in [0.25, 0.3) is 0 Å². The number of hydrogen-bond acceptors (Lipinski definition) is 3. The average Bonchev–Trinajstić information content (AvgIpc) is 2.29. The third kappa shape index (κ3) is 13.5. The van der Waals surface area contributed by atoms with Crippen LogP contribution in [-0.2, 0) is 14.3 Å². The Labute approximate surface area is 143 Å². The van der Waals surface area contributed by atoms with Crippen molar-refractivity contribution in [1.82, 2.24) is 5.32 Å². The van der Waals surface area contributed by atoms with Crippen LogP contribution in [0.3, 0.4) is 0 Å². The van der Waals surface area contributed by atoms with E-state index in [1.807, 2.05) is 20.8 Å². The van der Waals surface area contributed by atoms with Crippen molar-refractivity contribution in [3.05, 3.63) is 0 Å². The second-order valence-electron chi connectivity index (χ2n) is 10.1. The number of carbonyl (C=O) groups excluding carboxylic acids is 1. The Morgan fingerprint density at radius 1 is 0.870 bits per heavy atom. The number of hydrogen-bond donors (Lipinski definition) is 1. The zero-order valence-electron chi connectivity index (χ0n) is 17.1. The van der Waals surface area contributed by atoms with Crippen molar-refractivity contribution in [3.8, 4) is 0 Å². The summed E-state index contributed by atoms with van der Waals surface area (Å²) >= 11 is 0. The first-order valence-corrected chi connectivity index (χ1v) is 8.56. The van der Waals surface area contributed by atoms with Gasteiger partial charge in [-0.05, 0) is 51.9 Å². The molecule has 138 valence electrons. The van der Waals surface area contributed by atoms with Crippen molar-refractivity contribution in [2.75, 3.05) is 19.8 Å². The van der Waals surface area contributed by atoms with Gasteiger partial charge >= 0.3 is 0 Å². The highest BCUT2D eigenvalue weighted by Crippen LogP contribution is 2.31. The Hall–Kier alpha value is -0.610. The zero-order valence-corrected chi connectivity index (χ0v) is 17.1. The Morgan fingerprint density at radius 2 is 1.39 bits per heavy atom. The fraction of sp³-hybridized carbons (Fsp3) is 0.947.